The van der Waals surface area contributed by atoms with E-state index in [0.29, 0.717) is 17.1 Å². The number of aliphatic hydroxyl groups is 1. The summed E-state index contributed by atoms with van der Waals surface area (Å²) in [5, 5.41) is 12.9. The van der Waals surface area contributed by atoms with E-state index in [1.807, 2.05) is 25.9 Å². The molecular formula is C11H21N5OS. The zero-order valence-corrected chi connectivity index (χ0v) is 12.2. The van der Waals surface area contributed by atoms with Crippen LogP contribution in [-0.2, 0) is 0 Å². The zero-order chi connectivity index (χ0) is 13.5. The maximum Gasteiger partial charge on any atom is 0.230 e. The molecule has 1 aromatic heterocycles. The van der Waals surface area contributed by atoms with Crippen LogP contribution in [0.1, 0.15) is 20.3 Å². The van der Waals surface area contributed by atoms with E-state index in [9.17, 15) is 0 Å². The van der Waals surface area contributed by atoms with Crippen LogP contribution in [0.4, 0.5) is 11.9 Å². The van der Waals surface area contributed by atoms with Crippen LogP contribution in [0, 0.1) is 0 Å². The molecule has 18 heavy (non-hydrogen) atoms. The molecule has 0 saturated heterocycles. The lowest BCUT2D eigenvalue weighted by atomic mass is 10.5. The van der Waals surface area contributed by atoms with Gasteiger partial charge in [-0.2, -0.15) is 15.0 Å². The molecule has 0 amide bonds. The van der Waals surface area contributed by atoms with Crippen molar-refractivity contribution < 1.29 is 5.11 Å². The first kappa shape index (κ1) is 15.0. The summed E-state index contributed by atoms with van der Waals surface area (Å²) in [6, 6.07) is 0. The Morgan fingerprint density at radius 2 is 2.06 bits per heavy atom. The Morgan fingerprint density at radius 3 is 2.61 bits per heavy atom. The quantitative estimate of drug-likeness (QED) is 0.722. The summed E-state index contributed by atoms with van der Waals surface area (Å²) in [4.78, 5) is 14.8. The van der Waals surface area contributed by atoms with Gasteiger partial charge in [0, 0.05) is 25.9 Å². The topological polar surface area (TPSA) is 74.2 Å². The highest BCUT2D eigenvalue weighted by Gasteiger charge is 2.11. The van der Waals surface area contributed by atoms with Gasteiger partial charge in [-0.25, -0.2) is 0 Å². The molecule has 0 saturated carbocycles. The van der Waals surface area contributed by atoms with Gasteiger partial charge in [-0.1, -0.05) is 25.6 Å². The van der Waals surface area contributed by atoms with Crippen molar-refractivity contribution in [3.8, 4) is 0 Å². The fraction of sp³-hybridized carbons (Fsp3) is 0.727. The summed E-state index contributed by atoms with van der Waals surface area (Å²) >= 11 is 1.44. The largest absolute Gasteiger partial charge is 0.395 e. The van der Waals surface area contributed by atoms with E-state index in [-0.39, 0.29) is 11.9 Å². The molecule has 6 nitrogen and oxygen atoms in total. The van der Waals surface area contributed by atoms with Gasteiger partial charge in [-0.05, 0) is 6.42 Å². The predicted octanol–water partition coefficient (Wildman–Crippen LogP) is 1.23. The molecule has 2 N–H and O–H groups in total. The van der Waals surface area contributed by atoms with Gasteiger partial charge in [-0.15, -0.1) is 0 Å². The third-order valence-electron chi connectivity index (χ3n) is 2.10. The molecule has 1 unspecified atom stereocenters. The zero-order valence-electron chi connectivity index (χ0n) is 11.3. The highest BCUT2D eigenvalue weighted by atomic mass is 32.2. The lowest BCUT2D eigenvalue weighted by Crippen LogP contribution is -2.16. The van der Waals surface area contributed by atoms with Gasteiger partial charge < -0.3 is 15.3 Å². The fourth-order valence-electron chi connectivity index (χ4n) is 1.13. The van der Waals surface area contributed by atoms with Crippen LogP contribution in [-0.4, -0.2) is 52.6 Å². The van der Waals surface area contributed by atoms with E-state index < -0.39 is 0 Å². The highest BCUT2D eigenvalue weighted by Crippen LogP contribution is 2.21. The highest BCUT2D eigenvalue weighted by molar-refractivity contribution is 7.99. The van der Waals surface area contributed by atoms with Crippen molar-refractivity contribution in [1.82, 2.24) is 15.0 Å². The molecule has 0 aliphatic heterocycles. The van der Waals surface area contributed by atoms with Gasteiger partial charge in [0.25, 0.3) is 0 Å². The van der Waals surface area contributed by atoms with Crippen molar-refractivity contribution in [2.45, 2.75) is 30.7 Å². The number of nitrogens with zero attached hydrogens (tertiary/aromatic N) is 4. The second-order valence-electron chi connectivity index (χ2n) is 4.17. The Kier molecular flexibility index (Phi) is 6.14. The van der Waals surface area contributed by atoms with Gasteiger partial charge >= 0.3 is 0 Å². The average molecular weight is 271 g/mol. The van der Waals surface area contributed by atoms with Crippen LogP contribution in [0.15, 0.2) is 5.16 Å². The van der Waals surface area contributed by atoms with Crippen molar-refractivity contribution in [2.24, 2.45) is 0 Å². The Balaban J connectivity index is 2.90. The van der Waals surface area contributed by atoms with E-state index in [4.69, 9.17) is 5.11 Å². The second-order valence-corrected chi connectivity index (χ2v) is 5.58. The summed E-state index contributed by atoms with van der Waals surface area (Å²) < 4.78 is 0. The summed E-state index contributed by atoms with van der Waals surface area (Å²) in [7, 11) is 3.78. The van der Waals surface area contributed by atoms with Gasteiger partial charge in [0.2, 0.25) is 11.9 Å². The Morgan fingerprint density at radius 1 is 1.33 bits per heavy atom. The maximum atomic E-state index is 9.07. The van der Waals surface area contributed by atoms with Crippen molar-refractivity contribution in [1.29, 1.82) is 0 Å². The minimum Gasteiger partial charge on any atom is -0.395 e. The lowest BCUT2D eigenvalue weighted by Gasteiger charge is -2.14. The first-order valence-corrected chi connectivity index (χ1v) is 6.89. The van der Waals surface area contributed by atoms with Crippen molar-refractivity contribution in [3.63, 3.8) is 0 Å². The van der Waals surface area contributed by atoms with E-state index in [1.54, 1.807) is 0 Å². The Hall–Kier alpha value is -1.08. The van der Waals surface area contributed by atoms with Crippen LogP contribution >= 0.6 is 11.8 Å². The summed E-state index contributed by atoms with van der Waals surface area (Å²) in [6.45, 7) is 4.95. The van der Waals surface area contributed by atoms with Crippen molar-refractivity contribution in [2.75, 3.05) is 37.5 Å². The van der Waals surface area contributed by atoms with Gasteiger partial charge in [0.1, 0.15) is 0 Å². The third-order valence-corrected chi connectivity index (χ3v) is 3.04. The molecule has 0 aromatic carbocycles. The standard InChI is InChI=1S/C11H21N5OS/c1-5-6-12-9-13-10(16(3)4)15-11(14-9)18-8(2)7-17/h8,17H,5-7H2,1-4H3,(H,12,13,14,15). The molecule has 0 spiro atoms. The first-order chi connectivity index (χ1) is 8.56. The van der Waals surface area contributed by atoms with Crippen LogP contribution in [0.5, 0.6) is 0 Å². The molecule has 0 fully saturated rings. The van der Waals surface area contributed by atoms with E-state index in [2.05, 4.69) is 27.2 Å². The number of hydrogen-bond acceptors (Lipinski definition) is 7. The summed E-state index contributed by atoms with van der Waals surface area (Å²) in [5.74, 6) is 1.21. The molecule has 1 rings (SSSR count). The van der Waals surface area contributed by atoms with Gasteiger partial charge in [-0.3, -0.25) is 0 Å². The molecule has 102 valence electrons. The molecule has 1 atom stereocenters. The second kappa shape index (κ2) is 7.38. The number of aromatic nitrogens is 3. The van der Waals surface area contributed by atoms with Gasteiger partial charge in [0.05, 0.1) is 6.61 Å². The molecule has 0 bridgehead atoms. The monoisotopic (exact) mass is 271 g/mol. The molecule has 0 aliphatic carbocycles. The van der Waals surface area contributed by atoms with Crippen LogP contribution in [0.3, 0.4) is 0 Å². The smallest absolute Gasteiger partial charge is 0.230 e. The number of hydrogen-bond donors (Lipinski definition) is 2. The minimum atomic E-state index is 0.0708. The van der Waals surface area contributed by atoms with E-state index in [1.165, 1.54) is 11.8 Å². The molecule has 0 aliphatic rings. The Bertz CT molecular complexity index is 374. The van der Waals surface area contributed by atoms with Crippen LogP contribution < -0.4 is 10.2 Å². The average Bonchev–Trinajstić information content (AvgIpc) is 2.35. The molecule has 0 radical (unpaired) electrons. The third kappa shape index (κ3) is 4.66. The number of aliphatic hydroxyl groups excluding tert-OH is 1. The Labute approximate surface area is 112 Å². The van der Waals surface area contributed by atoms with Crippen molar-refractivity contribution >= 4 is 23.7 Å². The molecule has 7 heteroatoms. The summed E-state index contributed by atoms with van der Waals surface area (Å²) in [5.41, 5.74) is 0. The number of nitrogens with one attached hydrogen (secondary N) is 1. The van der Waals surface area contributed by atoms with Gasteiger partial charge in [0.15, 0.2) is 5.16 Å². The van der Waals surface area contributed by atoms with E-state index in [0.717, 1.165) is 13.0 Å². The number of rotatable bonds is 7. The predicted molar refractivity (Wildman–Crippen MR) is 75.3 cm³/mol. The van der Waals surface area contributed by atoms with Crippen LogP contribution in [0.25, 0.3) is 0 Å². The van der Waals surface area contributed by atoms with E-state index >= 15 is 0 Å². The maximum absolute atomic E-state index is 9.07. The number of anilines is 2. The van der Waals surface area contributed by atoms with Crippen molar-refractivity contribution in [3.05, 3.63) is 0 Å². The normalized spacial score (nSPS) is 12.3. The molecule has 1 aromatic rings. The molecular weight excluding hydrogens is 250 g/mol. The SMILES string of the molecule is CCCNc1nc(SC(C)CO)nc(N(C)C)n1. The summed E-state index contributed by atoms with van der Waals surface area (Å²) in [6.07, 6.45) is 1.01. The fourth-order valence-corrected chi connectivity index (χ4v) is 1.84. The molecule has 1 heterocycles. The minimum absolute atomic E-state index is 0.0708. The first-order valence-electron chi connectivity index (χ1n) is 6.01. The number of thioether (sulfide) groups is 1. The van der Waals surface area contributed by atoms with Crippen LogP contribution in [0.2, 0.25) is 0 Å². The lowest BCUT2D eigenvalue weighted by molar-refractivity contribution is 0.300.